The van der Waals surface area contributed by atoms with E-state index in [1.165, 1.54) is 0 Å². The van der Waals surface area contributed by atoms with Gasteiger partial charge in [-0.15, -0.1) is 0 Å². The van der Waals surface area contributed by atoms with E-state index in [0.29, 0.717) is 31.2 Å². The zero-order valence-electron chi connectivity index (χ0n) is 17.3. The number of hydrogen-bond donors (Lipinski definition) is 2. The van der Waals surface area contributed by atoms with E-state index in [0.717, 1.165) is 43.4 Å². The molecule has 6 nitrogen and oxygen atoms in total. The summed E-state index contributed by atoms with van der Waals surface area (Å²) in [6.07, 6.45) is 4.64. The highest BCUT2D eigenvalue weighted by Gasteiger charge is 2.61. The van der Waals surface area contributed by atoms with Crippen molar-refractivity contribution in [2.24, 2.45) is 17.3 Å². The fourth-order valence-electron chi connectivity index (χ4n) is 6.06. The Bertz CT molecular complexity index is 760. The van der Waals surface area contributed by atoms with Gasteiger partial charge >= 0.3 is 5.97 Å². The zero-order chi connectivity index (χ0) is 20.6. The molecule has 0 heterocycles. The number of methoxy groups -OCH3 is 1. The van der Waals surface area contributed by atoms with Crippen LogP contribution in [0.2, 0.25) is 0 Å². The van der Waals surface area contributed by atoms with E-state index in [1.807, 2.05) is 24.3 Å². The van der Waals surface area contributed by atoms with Crippen molar-refractivity contribution in [3.05, 3.63) is 29.8 Å². The van der Waals surface area contributed by atoms with Crippen molar-refractivity contribution < 1.29 is 24.2 Å². The molecule has 158 valence electrons. The van der Waals surface area contributed by atoms with Crippen LogP contribution < -0.4 is 10.1 Å². The van der Waals surface area contributed by atoms with Gasteiger partial charge in [0.25, 0.3) is 5.91 Å². The number of hydrogen-bond acceptors (Lipinski definition) is 5. The van der Waals surface area contributed by atoms with E-state index in [-0.39, 0.29) is 11.9 Å². The van der Waals surface area contributed by atoms with Gasteiger partial charge in [-0.2, -0.15) is 0 Å². The Morgan fingerprint density at radius 2 is 1.83 bits per heavy atom. The number of aliphatic hydroxyl groups is 1. The second kappa shape index (κ2) is 7.63. The summed E-state index contributed by atoms with van der Waals surface area (Å²) in [5, 5.41) is 13.7. The number of rotatable bonds is 7. The lowest BCUT2D eigenvalue weighted by Gasteiger charge is -2.58. The van der Waals surface area contributed by atoms with Crippen LogP contribution in [-0.2, 0) is 20.7 Å². The smallest absolute Gasteiger partial charge is 0.312 e. The van der Waals surface area contributed by atoms with Gasteiger partial charge in [0.15, 0.2) is 6.10 Å². The molecule has 1 aromatic carbocycles. The molecule has 4 aliphatic rings. The van der Waals surface area contributed by atoms with Crippen LogP contribution in [0, 0.1) is 17.3 Å². The van der Waals surface area contributed by atoms with Crippen molar-refractivity contribution in [3.63, 3.8) is 0 Å². The molecule has 4 bridgehead atoms. The molecule has 5 rings (SSSR count). The third-order valence-corrected chi connectivity index (χ3v) is 6.99. The molecule has 2 N–H and O–H groups in total. The second-order valence-corrected chi connectivity index (χ2v) is 9.40. The van der Waals surface area contributed by atoms with Gasteiger partial charge in [0.2, 0.25) is 0 Å². The van der Waals surface area contributed by atoms with Crippen LogP contribution in [0.5, 0.6) is 5.75 Å². The van der Waals surface area contributed by atoms with E-state index < -0.39 is 17.1 Å². The van der Waals surface area contributed by atoms with E-state index >= 15 is 0 Å². The minimum atomic E-state index is -0.832. The third kappa shape index (κ3) is 4.13. The standard InChI is InChI=1S/C23H31NO5/c1-15(20(25)24-8-7-16-3-5-19(28-2)6-4-16)29-21(26)22-10-17-9-18(11-22)13-23(27,12-17)14-22/h3-6,15,17-18,27H,7-14H2,1-2H3,(H,24,25)/t15-,17-,18+,22?,23?/m0/s1. The molecule has 1 aromatic rings. The SMILES string of the molecule is COc1ccc(CCNC(=O)[C@H](C)OC(=O)C23C[C@@H]4C[C@@H](CC(O)(C4)C2)C3)cc1. The molecule has 0 saturated heterocycles. The highest BCUT2D eigenvalue weighted by Crippen LogP contribution is 2.62. The molecule has 0 aliphatic heterocycles. The minimum absolute atomic E-state index is 0.282. The number of amides is 1. The van der Waals surface area contributed by atoms with Gasteiger partial charge in [0, 0.05) is 6.54 Å². The van der Waals surface area contributed by atoms with Gasteiger partial charge in [-0.25, -0.2) is 0 Å². The van der Waals surface area contributed by atoms with Crippen LogP contribution in [-0.4, -0.2) is 42.3 Å². The predicted octanol–water partition coefficient (Wildman–Crippen LogP) is 2.62. The summed E-state index contributed by atoms with van der Waals surface area (Å²) < 4.78 is 10.7. The third-order valence-electron chi connectivity index (χ3n) is 6.99. The summed E-state index contributed by atoms with van der Waals surface area (Å²) in [4.78, 5) is 25.4. The molecule has 4 saturated carbocycles. The maximum Gasteiger partial charge on any atom is 0.312 e. The first-order valence-corrected chi connectivity index (χ1v) is 10.6. The number of carbonyl (C=O) groups excluding carboxylic acids is 2. The first kappa shape index (κ1) is 20.2. The Morgan fingerprint density at radius 3 is 2.41 bits per heavy atom. The van der Waals surface area contributed by atoms with Crippen LogP contribution in [0.4, 0.5) is 0 Å². The average molecular weight is 402 g/mol. The fourth-order valence-corrected chi connectivity index (χ4v) is 6.06. The van der Waals surface area contributed by atoms with Crippen molar-refractivity contribution >= 4 is 11.9 Å². The van der Waals surface area contributed by atoms with E-state index in [9.17, 15) is 14.7 Å². The van der Waals surface area contributed by atoms with Crippen LogP contribution in [0.15, 0.2) is 24.3 Å². The van der Waals surface area contributed by atoms with Gasteiger partial charge in [0.1, 0.15) is 5.75 Å². The number of nitrogens with one attached hydrogen (secondary N) is 1. The van der Waals surface area contributed by atoms with Crippen molar-refractivity contribution in [2.45, 2.75) is 63.6 Å². The largest absolute Gasteiger partial charge is 0.497 e. The van der Waals surface area contributed by atoms with Gasteiger partial charge < -0.3 is 19.9 Å². The van der Waals surface area contributed by atoms with Gasteiger partial charge in [0.05, 0.1) is 18.1 Å². The summed E-state index contributed by atoms with van der Waals surface area (Å²) >= 11 is 0. The van der Waals surface area contributed by atoms with Crippen LogP contribution >= 0.6 is 0 Å². The lowest BCUT2D eigenvalue weighted by Crippen LogP contribution is -2.59. The van der Waals surface area contributed by atoms with Crippen molar-refractivity contribution in [1.29, 1.82) is 0 Å². The molecule has 0 radical (unpaired) electrons. The topological polar surface area (TPSA) is 84.9 Å². The molecular weight excluding hydrogens is 370 g/mol. The summed E-state index contributed by atoms with van der Waals surface area (Å²) in [5.74, 6) is 1.02. The van der Waals surface area contributed by atoms with Crippen molar-refractivity contribution in [2.75, 3.05) is 13.7 Å². The lowest BCUT2D eigenvalue weighted by atomic mass is 9.48. The summed E-state index contributed by atoms with van der Waals surface area (Å²) in [6, 6.07) is 7.71. The van der Waals surface area contributed by atoms with E-state index in [1.54, 1.807) is 14.0 Å². The Hall–Kier alpha value is -2.08. The number of carbonyl (C=O) groups is 2. The Kier molecular flexibility index (Phi) is 5.32. The molecule has 4 fully saturated rings. The molecule has 1 amide bonds. The molecular formula is C23H31NO5. The normalized spacial score (nSPS) is 33.2. The second-order valence-electron chi connectivity index (χ2n) is 9.40. The minimum Gasteiger partial charge on any atom is -0.497 e. The maximum atomic E-state index is 13.0. The monoisotopic (exact) mass is 401 g/mol. The molecule has 0 aromatic heterocycles. The predicted molar refractivity (Wildman–Crippen MR) is 107 cm³/mol. The van der Waals surface area contributed by atoms with Crippen molar-refractivity contribution in [1.82, 2.24) is 5.32 Å². The first-order chi connectivity index (χ1) is 13.8. The van der Waals surface area contributed by atoms with E-state index in [2.05, 4.69) is 5.32 Å². The van der Waals surface area contributed by atoms with Crippen LogP contribution in [0.1, 0.15) is 51.0 Å². The molecule has 2 unspecified atom stereocenters. The molecule has 6 heteroatoms. The Balaban J connectivity index is 1.28. The zero-order valence-corrected chi connectivity index (χ0v) is 17.3. The number of ether oxygens (including phenoxy) is 2. The Morgan fingerprint density at radius 1 is 1.17 bits per heavy atom. The fraction of sp³-hybridized carbons (Fsp3) is 0.652. The Labute approximate surface area is 172 Å². The highest BCUT2D eigenvalue weighted by atomic mass is 16.5. The van der Waals surface area contributed by atoms with Crippen molar-refractivity contribution in [3.8, 4) is 5.75 Å². The molecule has 0 spiro atoms. The number of benzene rings is 1. The highest BCUT2D eigenvalue weighted by molar-refractivity contribution is 5.85. The van der Waals surface area contributed by atoms with E-state index in [4.69, 9.17) is 9.47 Å². The summed E-state index contributed by atoms with van der Waals surface area (Å²) in [6.45, 7) is 2.10. The van der Waals surface area contributed by atoms with Crippen LogP contribution in [0.3, 0.4) is 0 Å². The van der Waals surface area contributed by atoms with Gasteiger partial charge in [-0.1, -0.05) is 12.1 Å². The summed E-state index contributed by atoms with van der Waals surface area (Å²) in [7, 11) is 1.63. The summed E-state index contributed by atoms with van der Waals surface area (Å²) in [5.41, 5.74) is -0.221. The van der Waals surface area contributed by atoms with Gasteiger partial charge in [-0.3, -0.25) is 9.59 Å². The molecule has 29 heavy (non-hydrogen) atoms. The first-order valence-electron chi connectivity index (χ1n) is 10.6. The quantitative estimate of drug-likeness (QED) is 0.686. The maximum absolute atomic E-state index is 13.0. The lowest BCUT2D eigenvalue weighted by molar-refractivity contribution is -0.200. The average Bonchev–Trinajstić information content (AvgIpc) is 2.66. The molecule has 5 atom stereocenters. The van der Waals surface area contributed by atoms with Crippen LogP contribution in [0.25, 0.3) is 0 Å². The number of esters is 1. The molecule has 4 aliphatic carbocycles. The van der Waals surface area contributed by atoms with Gasteiger partial charge in [-0.05, 0) is 81.4 Å².